The van der Waals surface area contributed by atoms with Crippen molar-refractivity contribution in [2.75, 3.05) is 56.7 Å². The van der Waals surface area contributed by atoms with E-state index in [2.05, 4.69) is 22.2 Å². The van der Waals surface area contributed by atoms with Crippen LogP contribution in [-0.2, 0) is 4.74 Å². The van der Waals surface area contributed by atoms with E-state index in [1.807, 2.05) is 0 Å². The minimum atomic E-state index is 0.461. The number of likely N-dealkylation sites (N-methyl/N-ethyl adjacent to an activating group) is 1. The third-order valence-corrected chi connectivity index (χ3v) is 3.49. The summed E-state index contributed by atoms with van der Waals surface area (Å²) in [5.41, 5.74) is 2.26. The van der Waals surface area contributed by atoms with Gasteiger partial charge in [0.2, 0.25) is 0 Å². The summed E-state index contributed by atoms with van der Waals surface area (Å²) < 4.78 is 10.6. The van der Waals surface area contributed by atoms with Gasteiger partial charge in [0.05, 0.1) is 30.6 Å². The maximum absolute atomic E-state index is 5.37. The smallest absolute Gasteiger partial charge is 0.116 e. The number of rotatable bonds is 2. The zero-order valence-corrected chi connectivity index (χ0v) is 10.2. The summed E-state index contributed by atoms with van der Waals surface area (Å²) in [6, 6.07) is 0.461. The Morgan fingerprint density at radius 2 is 2.18 bits per heavy atom. The van der Waals surface area contributed by atoms with Gasteiger partial charge in [0.25, 0.3) is 0 Å². The molecule has 1 aromatic heterocycles. The van der Waals surface area contributed by atoms with Crippen LogP contribution >= 0.6 is 0 Å². The predicted molar refractivity (Wildman–Crippen MR) is 66.6 cm³/mol. The van der Waals surface area contributed by atoms with Gasteiger partial charge in [-0.2, -0.15) is 0 Å². The summed E-state index contributed by atoms with van der Waals surface area (Å²) in [6.45, 7) is 5.89. The van der Waals surface area contributed by atoms with E-state index in [0.29, 0.717) is 6.04 Å². The number of hydrogen-bond acceptors (Lipinski definition) is 5. The van der Waals surface area contributed by atoms with Crippen LogP contribution in [0, 0.1) is 0 Å². The lowest BCUT2D eigenvalue weighted by Crippen LogP contribution is -2.48. The minimum absolute atomic E-state index is 0.461. The van der Waals surface area contributed by atoms with Gasteiger partial charge in [-0.25, -0.2) is 0 Å². The molecule has 0 spiro atoms. The molecule has 17 heavy (non-hydrogen) atoms. The molecule has 2 aliphatic rings. The second-order valence-electron chi connectivity index (χ2n) is 4.81. The summed E-state index contributed by atoms with van der Waals surface area (Å²) >= 11 is 0. The molecule has 0 aliphatic carbocycles. The zero-order valence-electron chi connectivity index (χ0n) is 10.2. The number of furan rings is 1. The van der Waals surface area contributed by atoms with Crippen molar-refractivity contribution in [3.63, 3.8) is 0 Å². The normalized spacial score (nSPS) is 25.5. The van der Waals surface area contributed by atoms with Gasteiger partial charge >= 0.3 is 0 Å². The van der Waals surface area contributed by atoms with Crippen molar-refractivity contribution in [3.05, 3.63) is 12.5 Å². The third kappa shape index (κ3) is 2.25. The summed E-state index contributed by atoms with van der Waals surface area (Å²) in [5.74, 6) is 0. The van der Waals surface area contributed by atoms with Crippen LogP contribution in [0.15, 0.2) is 16.9 Å². The van der Waals surface area contributed by atoms with Crippen molar-refractivity contribution >= 4 is 11.4 Å². The van der Waals surface area contributed by atoms with Gasteiger partial charge in [-0.1, -0.05) is 0 Å². The Hall–Kier alpha value is -1.20. The van der Waals surface area contributed by atoms with Crippen LogP contribution in [0.25, 0.3) is 0 Å². The van der Waals surface area contributed by atoms with Gasteiger partial charge < -0.3 is 19.4 Å². The van der Waals surface area contributed by atoms with Crippen molar-refractivity contribution in [3.8, 4) is 0 Å². The van der Waals surface area contributed by atoms with Crippen LogP contribution in [0.5, 0.6) is 0 Å². The summed E-state index contributed by atoms with van der Waals surface area (Å²) in [4.78, 5) is 4.71. The van der Waals surface area contributed by atoms with Crippen LogP contribution in [-0.4, -0.2) is 57.4 Å². The molecule has 0 bridgehead atoms. The van der Waals surface area contributed by atoms with E-state index in [9.17, 15) is 0 Å². The molecule has 1 atom stereocenters. The molecule has 94 valence electrons. The van der Waals surface area contributed by atoms with E-state index in [0.717, 1.165) is 50.8 Å². The van der Waals surface area contributed by atoms with Crippen LogP contribution in [0.3, 0.4) is 0 Å². The molecule has 0 radical (unpaired) electrons. The Morgan fingerprint density at radius 1 is 1.35 bits per heavy atom. The maximum atomic E-state index is 5.37. The molecule has 3 rings (SSSR count). The first kappa shape index (κ1) is 10.9. The van der Waals surface area contributed by atoms with Gasteiger partial charge in [-0.05, 0) is 0 Å². The molecule has 3 heterocycles. The quantitative estimate of drug-likeness (QED) is 0.825. The first-order chi connectivity index (χ1) is 8.33. The summed E-state index contributed by atoms with van der Waals surface area (Å²) in [7, 11) is 2.11. The molecule has 5 heteroatoms. The van der Waals surface area contributed by atoms with Gasteiger partial charge in [0.1, 0.15) is 12.5 Å². The maximum Gasteiger partial charge on any atom is 0.116 e. The van der Waals surface area contributed by atoms with Crippen LogP contribution in [0.1, 0.15) is 0 Å². The molecular weight excluding hydrogens is 218 g/mol. The number of morpholine rings is 1. The molecule has 0 amide bonds. The molecule has 5 nitrogen and oxygen atoms in total. The zero-order chi connectivity index (χ0) is 11.7. The second kappa shape index (κ2) is 4.58. The van der Waals surface area contributed by atoms with E-state index in [-0.39, 0.29) is 0 Å². The van der Waals surface area contributed by atoms with Gasteiger partial charge in [-0.15, -0.1) is 0 Å². The fourth-order valence-corrected chi connectivity index (χ4v) is 2.59. The topological polar surface area (TPSA) is 40.9 Å². The summed E-state index contributed by atoms with van der Waals surface area (Å²) in [5, 5.41) is 3.54. The highest BCUT2D eigenvalue weighted by atomic mass is 16.5. The lowest BCUT2D eigenvalue weighted by molar-refractivity contribution is 0.0363. The van der Waals surface area contributed by atoms with E-state index >= 15 is 0 Å². The highest BCUT2D eigenvalue weighted by Gasteiger charge is 2.25. The number of fused-ring (bicyclic) bond motifs is 1. The number of ether oxygens (including phenoxy) is 1. The summed E-state index contributed by atoms with van der Waals surface area (Å²) in [6.07, 6.45) is 3.59. The van der Waals surface area contributed by atoms with Crippen molar-refractivity contribution in [1.82, 2.24) is 4.90 Å². The predicted octanol–water partition coefficient (Wildman–Crippen LogP) is 0.842. The van der Waals surface area contributed by atoms with Crippen molar-refractivity contribution in [2.45, 2.75) is 6.04 Å². The molecule has 2 aliphatic heterocycles. The Labute approximate surface area is 101 Å². The standard InChI is InChI=1S/C12H19N3O2/c1-14-6-10(7-15-2-4-16-5-3-15)13-11-8-17-9-12(11)14/h8-10,13H,2-7H2,1H3. The monoisotopic (exact) mass is 237 g/mol. The Balaban J connectivity index is 1.62. The van der Waals surface area contributed by atoms with E-state index in [1.165, 1.54) is 0 Å². The Bertz CT molecular complexity index is 374. The Kier molecular flexibility index (Phi) is 2.94. The number of anilines is 2. The third-order valence-electron chi connectivity index (χ3n) is 3.49. The van der Waals surface area contributed by atoms with Gasteiger partial charge in [0.15, 0.2) is 0 Å². The molecule has 1 fully saturated rings. The first-order valence-electron chi connectivity index (χ1n) is 6.17. The van der Waals surface area contributed by atoms with Crippen molar-refractivity contribution in [2.24, 2.45) is 0 Å². The van der Waals surface area contributed by atoms with Crippen LogP contribution in [0.4, 0.5) is 11.4 Å². The molecule has 0 aromatic carbocycles. The second-order valence-corrected chi connectivity index (χ2v) is 4.81. The first-order valence-corrected chi connectivity index (χ1v) is 6.17. The molecule has 1 saturated heterocycles. The average molecular weight is 237 g/mol. The minimum Gasteiger partial charge on any atom is -0.468 e. The fourth-order valence-electron chi connectivity index (χ4n) is 2.59. The molecular formula is C12H19N3O2. The molecule has 0 saturated carbocycles. The number of nitrogens with zero attached hydrogens (tertiary/aromatic N) is 2. The van der Waals surface area contributed by atoms with E-state index in [4.69, 9.17) is 9.15 Å². The lowest BCUT2D eigenvalue weighted by Gasteiger charge is -2.36. The number of nitrogens with one attached hydrogen (secondary N) is 1. The van der Waals surface area contributed by atoms with Gasteiger partial charge in [-0.3, -0.25) is 4.90 Å². The number of hydrogen-bond donors (Lipinski definition) is 1. The van der Waals surface area contributed by atoms with Crippen molar-refractivity contribution in [1.29, 1.82) is 0 Å². The molecule has 1 unspecified atom stereocenters. The lowest BCUT2D eigenvalue weighted by atomic mass is 10.1. The van der Waals surface area contributed by atoms with Crippen LogP contribution in [0.2, 0.25) is 0 Å². The molecule has 1 N–H and O–H groups in total. The molecule has 1 aromatic rings. The SMILES string of the molecule is CN1CC(CN2CCOCC2)Nc2cocc21. The Morgan fingerprint density at radius 3 is 3.00 bits per heavy atom. The highest BCUT2D eigenvalue weighted by molar-refractivity contribution is 5.70. The van der Waals surface area contributed by atoms with E-state index < -0.39 is 0 Å². The van der Waals surface area contributed by atoms with Crippen molar-refractivity contribution < 1.29 is 9.15 Å². The largest absolute Gasteiger partial charge is 0.468 e. The van der Waals surface area contributed by atoms with Crippen LogP contribution < -0.4 is 10.2 Å². The average Bonchev–Trinajstić information content (AvgIpc) is 2.79. The van der Waals surface area contributed by atoms with E-state index in [1.54, 1.807) is 12.5 Å². The van der Waals surface area contributed by atoms with Gasteiger partial charge in [0, 0.05) is 33.2 Å². The highest BCUT2D eigenvalue weighted by Crippen LogP contribution is 2.30. The fraction of sp³-hybridized carbons (Fsp3) is 0.667.